The molecule has 2 N–H and O–H groups in total. The van der Waals surface area contributed by atoms with Crippen LogP contribution in [0.1, 0.15) is 19.4 Å². The molecule has 0 atom stereocenters. The molecule has 0 heterocycles. The fraction of sp³-hybridized carbons (Fsp3) is 0.571. The molecule has 6 heteroatoms. The van der Waals surface area contributed by atoms with E-state index in [1.807, 2.05) is 7.05 Å². The van der Waals surface area contributed by atoms with E-state index in [1.54, 1.807) is 19.2 Å². The van der Waals surface area contributed by atoms with Crippen molar-refractivity contribution in [3.63, 3.8) is 0 Å². The SMILES string of the molecule is COc1ccc([N+](=O)[O-])cc1CN(C)CC(C)(C)CN. The van der Waals surface area contributed by atoms with Crippen LogP contribution in [0.2, 0.25) is 0 Å². The van der Waals surface area contributed by atoms with Gasteiger partial charge in [-0.2, -0.15) is 0 Å². The minimum absolute atomic E-state index is 0.00268. The standard InChI is InChI=1S/C14H23N3O3/c1-14(2,9-15)10-16(3)8-11-7-12(17(18)19)5-6-13(11)20-4/h5-7H,8-10,15H2,1-4H3. The van der Waals surface area contributed by atoms with Gasteiger partial charge in [0.05, 0.1) is 12.0 Å². The van der Waals surface area contributed by atoms with Crippen LogP contribution in [0.25, 0.3) is 0 Å². The third-order valence-corrected chi connectivity index (χ3v) is 3.17. The van der Waals surface area contributed by atoms with Gasteiger partial charge >= 0.3 is 0 Å². The molecule has 0 saturated heterocycles. The molecule has 1 rings (SSSR count). The number of methoxy groups -OCH3 is 1. The molecule has 0 radical (unpaired) electrons. The lowest BCUT2D eigenvalue weighted by Gasteiger charge is -2.29. The minimum Gasteiger partial charge on any atom is -0.496 e. The second-order valence-electron chi connectivity index (χ2n) is 5.79. The van der Waals surface area contributed by atoms with Crippen molar-refractivity contribution in [1.82, 2.24) is 4.90 Å². The Hall–Kier alpha value is -1.66. The first kappa shape index (κ1) is 16.4. The Morgan fingerprint density at radius 1 is 1.45 bits per heavy atom. The van der Waals surface area contributed by atoms with Crippen molar-refractivity contribution in [3.8, 4) is 5.75 Å². The van der Waals surface area contributed by atoms with Crippen LogP contribution >= 0.6 is 0 Å². The number of rotatable bonds is 7. The van der Waals surface area contributed by atoms with Gasteiger partial charge in [0.15, 0.2) is 0 Å². The fourth-order valence-corrected chi connectivity index (χ4v) is 2.14. The van der Waals surface area contributed by atoms with Crippen LogP contribution in [0.5, 0.6) is 5.75 Å². The molecule has 0 spiro atoms. The first-order valence-electron chi connectivity index (χ1n) is 6.49. The lowest BCUT2D eigenvalue weighted by atomic mass is 9.93. The summed E-state index contributed by atoms with van der Waals surface area (Å²) in [6.45, 7) is 6.15. The average molecular weight is 281 g/mol. The van der Waals surface area contributed by atoms with Gasteiger partial charge < -0.3 is 15.4 Å². The summed E-state index contributed by atoms with van der Waals surface area (Å²) in [4.78, 5) is 12.5. The number of non-ortho nitro benzene ring substituents is 1. The molecule has 0 unspecified atom stereocenters. The monoisotopic (exact) mass is 281 g/mol. The Bertz CT molecular complexity index is 475. The highest BCUT2D eigenvalue weighted by Crippen LogP contribution is 2.26. The van der Waals surface area contributed by atoms with Gasteiger partial charge in [-0.3, -0.25) is 10.1 Å². The largest absolute Gasteiger partial charge is 0.496 e. The molecule has 0 aliphatic carbocycles. The van der Waals surface area contributed by atoms with E-state index >= 15 is 0 Å². The first-order valence-corrected chi connectivity index (χ1v) is 6.49. The average Bonchev–Trinajstić information content (AvgIpc) is 2.37. The van der Waals surface area contributed by atoms with Crippen LogP contribution in [0.15, 0.2) is 18.2 Å². The quantitative estimate of drug-likeness (QED) is 0.611. The number of nitro benzene ring substituents is 1. The van der Waals surface area contributed by atoms with Gasteiger partial charge in [-0.1, -0.05) is 13.8 Å². The van der Waals surface area contributed by atoms with Crippen molar-refractivity contribution < 1.29 is 9.66 Å². The third kappa shape index (κ3) is 4.47. The van der Waals surface area contributed by atoms with Crippen molar-refractivity contribution in [2.24, 2.45) is 11.1 Å². The van der Waals surface area contributed by atoms with E-state index in [4.69, 9.17) is 10.5 Å². The molecule has 0 aliphatic heterocycles. The van der Waals surface area contributed by atoms with E-state index in [0.29, 0.717) is 18.8 Å². The molecule has 0 fully saturated rings. The Morgan fingerprint density at radius 2 is 2.10 bits per heavy atom. The number of nitrogens with zero attached hydrogens (tertiary/aromatic N) is 2. The topological polar surface area (TPSA) is 81.6 Å². The van der Waals surface area contributed by atoms with Gasteiger partial charge in [-0.05, 0) is 25.1 Å². The van der Waals surface area contributed by atoms with Gasteiger partial charge in [0, 0.05) is 30.8 Å². The number of nitrogens with two attached hydrogens (primary N) is 1. The van der Waals surface area contributed by atoms with E-state index in [9.17, 15) is 10.1 Å². The fourth-order valence-electron chi connectivity index (χ4n) is 2.14. The van der Waals surface area contributed by atoms with E-state index in [0.717, 1.165) is 12.1 Å². The van der Waals surface area contributed by atoms with E-state index < -0.39 is 4.92 Å². The summed E-state index contributed by atoms with van der Waals surface area (Å²) in [7, 11) is 3.53. The highest BCUT2D eigenvalue weighted by molar-refractivity contribution is 5.43. The summed E-state index contributed by atoms with van der Waals surface area (Å²) in [6, 6.07) is 4.65. The molecule has 112 valence electrons. The van der Waals surface area contributed by atoms with Gasteiger partial charge in [-0.25, -0.2) is 0 Å². The Labute approximate surface area is 119 Å². The Balaban J connectivity index is 2.89. The summed E-state index contributed by atoms with van der Waals surface area (Å²) in [5.41, 5.74) is 6.61. The predicted molar refractivity (Wildman–Crippen MR) is 78.8 cm³/mol. The van der Waals surface area contributed by atoms with Gasteiger partial charge in [0.25, 0.3) is 5.69 Å². The van der Waals surface area contributed by atoms with Crippen LogP contribution in [0, 0.1) is 15.5 Å². The molecule has 0 bridgehead atoms. The zero-order chi connectivity index (χ0) is 15.3. The van der Waals surface area contributed by atoms with Crippen LogP contribution in [0.4, 0.5) is 5.69 Å². The number of nitro groups is 1. The summed E-state index contributed by atoms with van der Waals surface area (Å²) < 4.78 is 5.26. The Kier molecular flexibility index (Phi) is 5.47. The summed E-state index contributed by atoms with van der Waals surface area (Å²) in [5.74, 6) is 0.660. The van der Waals surface area contributed by atoms with Crippen LogP contribution in [0.3, 0.4) is 0 Å². The second-order valence-corrected chi connectivity index (χ2v) is 5.79. The molecule has 0 amide bonds. The van der Waals surface area contributed by atoms with Crippen LogP contribution < -0.4 is 10.5 Å². The van der Waals surface area contributed by atoms with Gasteiger partial charge in [0.2, 0.25) is 0 Å². The number of hydrogen-bond donors (Lipinski definition) is 1. The molecule has 20 heavy (non-hydrogen) atoms. The molecule has 1 aromatic rings. The maximum atomic E-state index is 10.8. The van der Waals surface area contributed by atoms with Crippen molar-refractivity contribution in [2.75, 3.05) is 27.2 Å². The van der Waals surface area contributed by atoms with Crippen molar-refractivity contribution in [2.45, 2.75) is 20.4 Å². The number of benzene rings is 1. The highest BCUT2D eigenvalue weighted by Gasteiger charge is 2.19. The molecule has 0 saturated carbocycles. The normalized spacial score (nSPS) is 11.7. The zero-order valence-electron chi connectivity index (χ0n) is 12.5. The van der Waals surface area contributed by atoms with Crippen LogP contribution in [-0.4, -0.2) is 37.1 Å². The molecule has 1 aromatic carbocycles. The molecule has 6 nitrogen and oxygen atoms in total. The minimum atomic E-state index is -0.396. The van der Waals surface area contributed by atoms with Crippen molar-refractivity contribution in [1.29, 1.82) is 0 Å². The van der Waals surface area contributed by atoms with E-state index in [1.165, 1.54) is 6.07 Å². The maximum absolute atomic E-state index is 10.8. The summed E-state index contributed by atoms with van der Waals surface area (Å²) in [6.07, 6.45) is 0. The van der Waals surface area contributed by atoms with Gasteiger partial charge in [-0.15, -0.1) is 0 Å². The summed E-state index contributed by atoms with van der Waals surface area (Å²) in [5, 5.41) is 10.8. The molecular weight excluding hydrogens is 258 g/mol. The van der Waals surface area contributed by atoms with E-state index in [2.05, 4.69) is 18.7 Å². The predicted octanol–water partition coefficient (Wildman–Crippen LogP) is 2.02. The second kappa shape index (κ2) is 6.67. The smallest absolute Gasteiger partial charge is 0.270 e. The Morgan fingerprint density at radius 3 is 2.60 bits per heavy atom. The van der Waals surface area contributed by atoms with Crippen molar-refractivity contribution in [3.05, 3.63) is 33.9 Å². The molecular formula is C14H23N3O3. The lowest BCUT2D eigenvalue weighted by molar-refractivity contribution is -0.384. The maximum Gasteiger partial charge on any atom is 0.270 e. The zero-order valence-corrected chi connectivity index (χ0v) is 12.5. The van der Waals surface area contributed by atoms with E-state index in [-0.39, 0.29) is 11.1 Å². The van der Waals surface area contributed by atoms with Crippen LogP contribution in [-0.2, 0) is 6.54 Å². The third-order valence-electron chi connectivity index (χ3n) is 3.17. The summed E-state index contributed by atoms with van der Waals surface area (Å²) >= 11 is 0. The van der Waals surface area contributed by atoms with Crippen molar-refractivity contribution >= 4 is 5.69 Å². The number of ether oxygens (including phenoxy) is 1. The highest BCUT2D eigenvalue weighted by atomic mass is 16.6. The van der Waals surface area contributed by atoms with Gasteiger partial charge in [0.1, 0.15) is 5.75 Å². The molecule has 0 aliphatic rings. The first-order chi connectivity index (χ1) is 9.29. The number of hydrogen-bond acceptors (Lipinski definition) is 5. The lowest BCUT2D eigenvalue weighted by Crippen LogP contribution is -2.36. The molecule has 0 aromatic heterocycles.